The van der Waals surface area contributed by atoms with Crippen molar-refractivity contribution in [2.24, 2.45) is 4.99 Å². The van der Waals surface area contributed by atoms with Crippen LogP contribution >= 0.6 is 11.3 Å². The fraction of sp³-hybridized carbons (Fsp3) is 0.235. The zero-order valence-electron chi connectivity index (χ0n) is 13.2. The van der Waals surface area contributed by atoms with Crippen molar-refractivity contribution in [2.75, 3.05) is 6.61 Å². The number of benzene rings is 1. The molecule has 0 radical (unpaired) electrons. The lowest BCUT2D eigenvalue weighted by Gasteiger charge is -2.25. The van der Waals surface area contributed by atoms with Crippen molar-refractivity contribution in [3.05, 3.63) is 63.5 Å². The maximum absolute atomic E-state index is 14.3. The Labute approximate surface area is 142 Å². The molecule has 0 aliphatic carbocycles. The van der Waals surface area contributed by atoms with Crippen molar-refractivity contribution in [2.45, 2.75) is 19.9 Å². The Morgan fingerprint density at radius 1 is 1.42 bits per heavy atom. The van der Waals surface area contributed by atoms with Crippen molar-refractivity contribution >= 4 is 23.1 Å². The smallest absolute Gasteiger partial charge is 0.338 e. The first kappa shape index (κ1) is 16.3. The van der Waals surface area contributed by atoms with E-state index in [-0.39, 0.29) is 6.61 Å². The predicted octanol–water partition coefficient (Wildman–Crippen LogP) is 3.21. The van der Waals surface area contributed by atoms with Crippen LogP contribution in [-0.4, -0.2) is 23.4 Å². The van der Waals surface area contributed by atoms with Gasteiger partial charge < -0.3 is 10.1 Å². The Bertz CT molecular complexity index is 815. The number of carbonyl (C=O) groups excluding carboxylic acids is 1. The molecule has 124 valence electrons. The average molecular weight is 345 g/mol. The summed E-state index contributed by atoms with van der Waals surface area (Å²) in [6.45, 7) is 3.72. The minimum absolute atomic E-state index is 0.238. The van der Waals surface area contributed by atoms with Gasteiger partial charge in [0.05, 0.1) is 17.7 Å². The molecule has 0 saturated heterocycles. The van der Waals surface area contributed by atoms with Crippen LogP contribution in [0, 0.1) is 5.82 Å². The number of halogens is 1. The third-order valence-corrected chi connectivity index (χ3v) is 4.20. The molecule has 3 rings (SSSR count). The number of aromatic nitrogens is 1. The number of carbonyl (C=O) groups is 1. The van der Waals surface area contributed by atoms with Crippen LogP contribution in [0.5, 0.6) is 0 Å². The lowest BCUT2D eigenvalue weighted by atomic mass is 9.95. The van der Waals surface area contributed by atoms with Crippen LogP contribution in [0.25, 0.3) is 0 Å². The number of nitrogens with one attached hydrogen (secondary N) is 1. The van der Waals surface area contributed by atoms with Crippen molar-refractivity contribution in [1.29, 1.82) is 0 Å². The number of aliphatic imine (C=N–C) groups is 1. The van der Waals surface area contributed by atoms with Gasteiger partial charge in [-0.3, -0.25) is 4.99 Å². The predicted molar refractivity (Wildman–Crippen MR) is 90.3 cm³/mol. The Kier molecular flexibility index (Phi) is 4.71. The van der Waals surface area contributed by atoms with Gasteiger partial charge in [0.25, 0.3) is 0 Å². The lowest BCUT2D eigenvalue weighted by Crippen LogP contribution is -2.33. The number of esters is 1. The van der Waals surface area contributed by atoms with Gasteiger partial charge in [-0.25, -0.2) is 14.2 Å². The third kappa shape index (κ3) is 3.07. The summed E-state index contributed by atoms with van der Waals surface area (Å²) >= 11 is 1.44. The monoisotopic (exact) mass is 345 g/mol. The molecule has 0 amide bonds. The molecule has 0 spiro atoms. The van der Waals surface area contributed by atoms with E-state index in [1.54, 1.807) is 37.6 Å². The minimum atomic E-state index is -0.775. The average Bonchev–Trinajstić information content (AvgIpc) is 3.09. The van der Waals surface area contributed by atoms with Gasteiger partial charge in [0.15, 0.2) is 5.84 Å². The van der Waals surface area contributed by atoms with Crippen LogP contribution in [0.4, 0.5) is 4.39 Å². The molecule has 7 heteroatoms. The summed E-state index contributed by atoms with van der Waals surface area (Å²) in [5, 5.41) is 4.92. The fourth-order valence-corrected chi connectivity index (χ4v) is 3.07. The summed E-state index contributed by atoms with van der Waals surface area (Å²) in [5.41, 5.74) is 3.57. The molecule has 1 N–H and O–H groups in total. The first-order valence-electron chi connectivity index (χ1n) is 7.47. The standard InChI is InChI=1S/C17H16FN3O2S/c1-3-23-17(22)14-10(2)20-16(13-8-24-9-19-13)21-15(14)11-6-4-5-7-12(11)18/h4-9,15H,3H2,1-2H3,(H,20,21)/t15-/m0/s1. The normalized spacial score (nSPS) is 17.3. The second kappa shape index (κ2) is 6.92. The van der Waals surface area contributed by atoms with Crippen LogP contribution in [0.2, 0.25) is 0 Å². The van der Waals surface area contributed by atoms with Gasteiger partial charge in [0.1, 0.15) is 17.6 Å². The van der Waals surface area contributed by atoms with Crippen LogP contribution < -0.4 is 5.32 Å². The molecule has 0 unspecified atom stereocenters. The number of ether oxygens (including phenoxy) is 1. The quantitative estimate of drug-likeness (QED) is 0.864. The highest BCUT2D eigenvalue weighted by atomic mass is 32.1. The summed E-state index contributed by atoms with van der Waals surface area (Å²) in [6, 6.07) is 5.53. The van der Waals surface area contributed by atoms with Crippen LogP contribution in [-0.2, 0) is 9.53 Å². The van der Waals surface area contributed by atoms with Crippen LogP contribution in [0.1, 0.15) is 31.1 Å². The molecule has 0 fully saturated rings. The minimum Gasteiger partial charge on any atom is -0.463 e. The number of rotatable bonds is 4. The van der Waals surface area contributed by atoms with Gasteiger partial charge in [-0.15, -0.1) is 11.3 Å². The molecule has 0 saturated carbocycles. The van der Waals surface area contributed by atoms with E-state index in [2.05, 4.69) is 15.3 Å². The van der Waals surface area contributed by atoms with Crippen molar-refractivity contribution in [3.63, 3.8) is 0 Å². The lowest BCUT2D eigenvalue weighted by molar-refractivity contribution is -0.138. The molecule has 1 aliphatic rings. The van der Waals surface area contributed by atoms with E-state index in [0.717, 1.165) is 0 Å². The van der Waals surface area contributed by atoms with Gasteiger partial charge in [0, 0.05) is 16.6 Å². The topological polar surface area (TPSA) is 63.6 Å². The van der Waals surface area contributed by atoms with E-state index in [4.69, 9.17) is 4.74 Å². The Morgan fingerprint density at radius 3 is 2.88 bits per heavy atom. The Hall–Kier alpha value is -2.54. The number of nitrogens with zero attached hydrogens (tertiary/aromatic N) is 2. The number of amidine groups is 1. The zero-order valence-corrected chi connectivity index (χ0v) is 14.1. The van der Waals surface area contributed by atoms with Crippen molar-refractivity contribution in [1.82, 2.24) is 10.3 Å². The molecular formula is C17H16FN3O2S. The second-order valence-corrected chi connectivity index (χ2v) is 5.88. The van der Waals surface area contributed by atoms with Crippen molar-refractivity contribution < 1.29 is 13.9 Å². The molecule has 1 aromatic heterocycles. The van der Waals surface area contributed by atoms with E-state index in [9.17, 15) is 9.18 Å². The molecular weight excluding hydrogens is 329 g/mol. The maximum atomic E-state index is 14.3. The number of hydrogen-bond donors (Lipinski definition) is 1. The first-order valence-corrected chi connectivity index (χ1v) is 8.41. The maximum Gasteiger partial charge on any atom is 0.338 e. The summed E-state index contributed by atoms with van der Waals surface area (Å²) in [4.78, 5) is 21.1. The number of hydrogen-bond acceptors (Lipinski definition) is 6. The summed E-state index contributed by atoms with van der Waals surface area (Å²) in [5.74, 6) is -0.410. The molecule has 24 heavy (non-hydrogen) atoms. The second-order valence-electron chi connectivity index (χ2n) is 5.16. The Balaban J connectivity index is 2.10. The van der Waals surface area contributed by atoms with E-state index in [1.165, 1.54) is 17.4 Å². The van der Waals surface area contributed by atoms with Gasteiger partial charge >= 0.3 is 5.97 Å². The highest BCUT2D eigenvalue weighted by molar-refractivity contribution is 7.07. The summed E-state index contributed by atoms with van der Waals surface area (Å²) in [6.07, 6.45) is 0. The van der Waals surface area contributed by atoms with E-state index in [1.807, 2.05) is 5.38 Å². The van der Waals surface area contributed by atoms with Crippen LogP contribution in [0.3, 0.4) is 0 Å². The molecule has 2 aromatic rings. The third-order valence-electron chi connectivity index (χ3n) is 3.61. The molecule has 5 nitrogen and oxygen atoms in total. The fourth-order valence-electron chi connectivity index (χ4n) is 2.53. The van der Waals surface area contributed by atoms with Gasteiger partial charge in [-0.05, 0) is 19.9 Å². The van der Waals surface area contributed by atoms with E-state index >= 15 is 0 Å². The van der Waals surface area contributed by atoms with E-state index < -0.39 is 17.8 Å². The molecule has 2 heterocycles. The summed E-state index contributed by atoms with van der Waals surface area (Å²) in [7, 11) is 0. The zero-order chi connectivity index (χ0) is 17.1. The Morgan fingerprint density at radius 2 is 2.21 bits per heavy atom. The van der Waals surface area contributed by atoms with Gasteiger partial charge in [0.2, 0.25) is 0 Å². The summed E-state index contributed by atoms with van der Waals surface area (Å²) < 4.78 is 19.4. The van der Waals surface area contributed by atoms with Crippen LogP contribution in [0.15, 0.2) is 51.4 Å². The molecule has 1 aromatic carbocycles. The highest BCUT2D eigenvalue weighted by Gasteiger charge is 2.32. The number of thiazole rings is 1. The number of allylic oxidation sites excluding steroid dienone is 1. The van der Waals surface area contributed by atoms with Gasteiger partial charge in [-0.2, -0.15) is 0 Å². The molecule has 1 aliphatic heterocycles. The van der Waals surface area contributed by atoms with Gasteiger partial charge in [-0.1, -0.05) is 18.2 Å². The van der Waals surface area contributed by atoms with Crippen molar-refractivity contribution in [3.8, 4) is 0 Å². The molecule has 0 bridgehead atoms. The van der Waals surface area contributed by atoms with E-state index in [0.29, 0.717) is 28.4 Å². The first-order chi connectivity index (χ1) is 11.6. The highest BCUT2D eigenvalue weighted by Crippen LogP contribution is 2.33. The largest absolute Gasteiger partial charge is 0.463 e. The SMILES string of the molecule is CCOC(=O)C1=C(C)NC(c2cscn2)=N[C@H]1c1ccccc1F. The molecule has 1 atom stereocenters.